The van der Waals surface area contributed by atoms with Crippen molar-refractivity contribution in [1.82, 2.24) is 10.3 Å². The zero-order valence-electron chi connectivity index (χ0n) is 10.7. The molecule has 6 heteroatoms. The molecular formula is C14H13BrFN3O. The predicted molar refractivity (Wildman–Crippen MR) is 78.6 cm³/mol. The molecule has 0 saturated carbocycles. The van der Waals surface area contributed by atoms with Crippen LogP contribution in [-0.2, 0) is 0 Å². The number of aromatic nitrogens is 1. The molecule has 1 heterocycles. The van der Waals surface area contributed by atoms with Crippen LogP contribution >= 0.6 is 15.9 Å². The number of benzene rings is 1. The van der Waals surface area contributed by atoms with Gasteiger partial charge in [-0.1, -0.05) is 0 Å². The number of carbonyl (C=O) groups excluding carboxylic acids is 1. The fourth-order valence-corrected chi connectivity index (χ4v) is 2.25. The maximum absolute atomic E-state index is 13.3. The molecule has 1 aromatic heterocycles. The van der Waals surface area contributed by atoms with Crippen molar-refractivity contribution in [3.8, 4) is 0 Å². The SMILES string of the molecule is CC(NC(=O)c1cc(N)c(F)cc1Br)c1ccncc1. The Bertz CT molecular complexity index is 634. The summed E-state index contributed by atoms with van der Waals surface area (Å²) in [5.74, 6) is -0.886. The van der Waals surface area contributed by atoms with Gasteiger partial charge in [0.15, 0.2) is 0 Å². The van der Waals surface area contributed by atoms with Crippen molar-refractivity contribution in [2.45, 2.75) is 13.0 Å². The van der Waals surface area contributed by atoms with E-state index in [4.69, 9.17) is 5.73 Å². The monoisotopic (exact) mass is 337 g/mol. The highest BCUT2D eigenvalue weighted by Gasteiger charge is 2.16. The summed E-state index contributed by atoms with van der Waals surface area (Å²) in [4.78, 5) is 16.1. The molecule has 0 spiro atoms. The van der Waals surface area contributed by atoms with E-state index in [1.165, 1.54) is 12.1 Å². The van der Waals surface area contributed by atoms with Crippen molar-refractivity contribution >= 4 is 27.5 Å². The third kappa shape index (κ3) is 3.14. The minimum absolute atomic E-state index is 0.0603. The largest absolute Gasteiger partial charge is 0.396 e. The number of halogens is 2. The minimum atomic E-state index is -0.560. The number of pyridine rings is 1. The van der Waals surface area contributed by atoms with E-state index in [-0.39, 0.29) is 17.6 Å². The second-order valence-electron chi connectivity index (χ2n) is 4.33. The fourth-order valence-electron chi connectivity index (χ4n) is 1.75. The van der Waals surface area contributed by atoms with Gasteiger partial charge in [-0.15, -0.1) is 0 Å². The minimum Gasteiger partial charge on any atom is -0.396 e. The van der Waals surface area contributed by atoms with Crippen LogP contribution in [0, 0.1) is 5.82 Å². The van der Waals surface area contributed by atoms with Crippen LogP contribution < -0.4 is 11.1 Å². The number of nitrogens with zero attached hydrogens (tertiary/aromatic N) is 1. The van der Waals surface area contributed by atoms with Gasteiger partial charge in [0.1, 0.15) is 5.82 Å². The number of amides is 1. The molecule has 2 rings (SSSR count). The van der Waals surface area contributed by atoms with Crippen LogP contribution in [0.15, 0.2) is 41.1 Å². The Balaban J connectivity index is 2.19. The van der Waals surface area contributed by atoms with Crippen molar-refractivity contribution in [1.29, 1.82) is 0 Å². The van der Waals surface area contributed by atoms with E-state index in [1.54, 1.807) is 12.4 Å². The van der Waals surface area contributed by atoms with Gasteiger partial charge in [-0.05, 0) is 52.7 Å². The number of nitrogens with one attached hydrogen (secondary N) is 1. The van der Waals surface area contributed by atoms with E-state index in [2.05, 4.69) is 26.2 Å². The highest BCUT2D eigenvalue weighted by Crippen LogP contribution is 2.23. The summed E-state index contributed by atoms with van der Waals surface area (Å²) in [6.07, 6.45) is 3.31. The quantitative estimate of drug-likeness (QED) is 0.846. The third-order valence-electron chi connectivity index (χ3n) is 2.88. The zero-order valence-corrected chi connectivity index (χ0v) is 12.3. The molecule has 0 aliphatic carbocycles. The van der Waals surface area contributed by atoms with E-state index < -0.39 is 5.82 Å². The van der Waals surface area contributed by atoms with Crippen LogP contribution in [0.1, 0.15) is 28.9 Å². The van der Waals surface area contributed by atoms with E-state index in [0.29, 0.717) is 10.0 Å². The second kappa shape index (κ2) is 6.00. The summed E-state index contributed by atoms with van der Waals surface area (Å²) in [5.41, 5.74) is 6.65. The molecule has 0 fully saturated rings. The van der Waals surface area contributed by atoms with Crippen molar-refractivity contribution < 1.29 is 9.18 Å². The van der Waals surface area contributed by atoms with E-state index in [1.807, 2.05) is 19.1 Å². The van der Waals surface area contributed by atoms with Crippen molar-refractivity contribution in [3.63, 3.8) is 0 Å². The number of nitrogens with two attached hydrogens (primary N) is 1. The van der Waals surface area contributed by atoms with Gasteiger partial charge in [0.25, 0.3) is 5.91 Å². The predicted octanol–water partition coefficient (Wildman–Crippen LogP) is 3.06. The molecule has 2 aromatic rings. The molecule has 0 aliphatic rings. The highest BCUT2D eigenvalue weighted by atomic mass is 79.9. The number of hydrogen-bond acceptors (Lipinski definition) is 3. The van der Waals surface area contributed by atoms with Crippen LogP contribution in [0.5, 0.6) is 0 Å². The highest BCUT2D eigenvalue weighted by molar-refractivity contribution is 9.10. The first-order valence-electron chi connectivity index (χ1n) is 5.94. The van der Waals surface area contributed by atoms with Crippen LogP contribution in [-0.4, -0.2) is 10.9 Å². The molecule has 3 N–H and O–H groups in total. The first kappa shape index (κ1) is 14.5. The third-order valence-corrected chi connectivity index (χ3v) is 3.54. The Morgan fingerprint density at radius 2 is 2.05 bits per heavy atom. The summed E-state index contributed by atoms with van der Waals surface area (Å²) in [6, 6.07) is 5.94. The molecule has 1 aromatic carbocycles. The Morgan fingerprint density at radius 3 is 2.70 bits per heavy atom. The van der Waals surface area contributed by atoms with Crippen molar-refractivity contribution in [2.75, 3.05) is 5.73 Å². The molecule has 0 radical (unpaired) electrons. The molecule has 0 saturated heterocycles. The lowest BCUT2D eigenvalue weighted by atomic mass is 10.1. The molecule has 104 valence electrons. The summed E-state index contributed by atoms with van der Waals surface area (Å²) >= 11 is 3.16. The van der Waals surface area contributed by atoms with Crippen LogP contribution in [0.4, 0.5) is 10.1 Å². The number of carbonyl (C=O) groups is 1. The Kier molecular flexibility index (Phi) is 4.34. The normalized spacial score (nSPS) is 11.9. The van der Waals surface area contributed by atoms with Crippen LogP contribution in [0.2, 0.25) is 0 Å². The standard InChI is InChI=1S/C14H13BrFN3O/c1-8(9-2-4-18-5-3-9)19-14(20)10-6-13(17)12(16)7-11(10)15/h2-8H,17H2,1H3,(H,19,20). The van der Waals surface area contributed by atoms with Gasteiger partial charge < -0.3 is 11.1 Å². The number of rotatable bonds is 3. The van der Waals surface area contributed by atoms with Crippen LogP contribution in [0.3, 0.4) is 0 Å². The fraction of sp³-hybridized carbons (Fsp3) is 0.143. The van der Waals surface area contributed by atoms with E-state index in [0.717, 1.165) is 5.56 Å². The van der Waals surface area contributed by atoms with Gasteiger partial charge in [-0.25, -0.2) is 4.39 Å². The van der Waals surface area contributed by atoms with Gasteiger partial charge in [-0.2, -0.15) is 0 Å². The second-order valence-corrected chi connectivity index (χ2v) is 5.18. The van der Waals surface area contributed by atoms with Gasteiger partial charge in [0, 0.05) is 16.9 Å². The number of hydrogen-bond donors (Lipinski definition) is 2. The molecule has 20 heavy (non-hydrogen) atoms. The first-order chi connectivity index (χ1) is 9.49. The van der Waals surface area contributed by atoms with E-state index >= 15 is 0 Å². The molecule has 1 amide bonds. The van der Waals surface area contributed by atoms with E-state index in [9.17, 15) is 9.18 Å². The Labute approximate surface area is 124 Å². The topological polar surface area (TPSA) is 68.0 Å². The first-order valence-corrected chi connectivity index (χ1v) is 6.73. The molecule has 0 aliphatic heterocycles. The van der Waals surface area contributed by atoms with Crippen molar-refractivity contribution in [3.05, 3.63) is 58.1 Å². The maximum Gasteiger partial charge on any atom is 0.252 e. The number of anilines is 1. The van der Waals surface area contributed by atoms with Gasteiger partial charge in [0.05, 0.1) is 17.3 Å². The van der Waals surface area contributed by atoms with Gasteiger partial charge in [0.2, 0.25) is 0 Å². The number of nitrogen functional groups attached to an aromatic ring is 1. The maximum atomic E-state index is 13.3. The smallest absolute Gasteiger partial charge is 0.252 e. The molecule has 0 bridgehead atoms. The summed E-state index contributed by atoms with van der Waals surface area (Å²) in [7, 11) is 0. The van der Waals surface area contributed by atoms with Gasteiger partial charge in [-0.3, -0.25) is 9.78 Å². The summed E-state index contributed by atoms with van der Waals surface area (Å²) in [5, 5.41) is 2.83. The lowest BCUT2D eigenvalue weighted by molar-refractivity contribution is 0.0939. The molecule has 4 nitrogen and oxygen atoms in total. The zero-order chi connectivity index (χ0) is 14.7. The lowest BCUT2D eigenvalue weighted by Crippen LogP contribution is -2.27. The molecule has 1 unspecified atom stereocenters. The summed E-state index contributed by atoms with van der Waals surface area (Å²) < 4.78 is 13.6. The molecule has 1 atom stereocenters. The van der Waals surface area contributed by atoms with Crippen molar-refractivity contribution in [2.24, 2.45) is 0 Å². The van der Waals surface area contributed by atoms with Gasteiger partial charge >= 0.3 is 0 Å². The average molecular weight is 338 g/mol. The lowest BCUT2D eigenvalue weighted by Gasteiger charge is -2.15. The molecular weight excluding hydrogens is 325 g/mol. The summed E-state index contributed by atoms with van der Waals surface area (Å²) in [6.45, 7) is 1.86. The van der Waals surface area contributed by atoms with Crippen LogP contribution in [0.25, 0.3) is 0 Å². The average Bonchev–Trinajstić information content (AvgIpc) is 2.43. The Hall–Kier alpha value is -1.95. The Morgan fingerprint density at radius 1 is 1.40 bits per heavy atom.